The predicted molar refractivity (Wildman–Crippen MR) is 33.1 cm³/mol. The molecule has 0 N–H and O–H groups in total. The Morgan fingerprint density at radius 1 is 1.40 bits per heavy atom. The molecule has 0 fully saturated rings. The van der Waals surface area contributed by atoms with Gasteiger partial charge in [0.25, 0.3) is 0 Å². The van der Waals surface area contributed by atoms with Gasteiger partial charge in [-0.2, -0.15) is 23.2 Å². The first-order valence-electron chi connectivity index (χ1n) is 2.47. The summed E-state index contributed by atoms with van der Waals surface area (Å²) < 4.78 is 0. The van der Waals surface area contributed by atoms with E-state index in [-0.39, 0.29) is 32.7 Å². The number of carbonyl (C=O) groups excluding carboxylic acids is 1. The minimum atomic E-state index is 0. The van der Waals surface area contributed by atoms with E-state index in [9.17, 15) is 4.79 Å². The first-order valence-corrected chi connectivity index (χ1v) is 2.47. The normalized spacial score (nSPS) is 7.20. The molecule has 1 radical (unpaired) electrons. The number of hydrogen-bond acceptors (Lipinski definition) is 2. The summed E-state index contributed by atoms with van der Waals surface area (Å²) in [4.78, 5) is 13.1. The fraction of sp³-hybridized carbons (Fsp3) is 0. The Balaban J connectivity index is 0.000000810. The molecular formula is C7H4NOY-. The van der Waals surface area contributed by atoms with Crippen LogP contribution in [-0.4, -0.2) is 6.08 Å². The molecule has 0 spiro atoms. The number of aliphatic imine (C=N–C) groups is 1. The van der Waals surface area contributed by atoms with Crippen LogP contribution in [0.3, 0.4) is 0 Å². The molecule has 3 heteroatoms. The van der Waals surface area contributed by atoms with Gasteiger partial charge in [0.05, 0.1) is 0 Å². The molecule has 0 aromatic heterocycles. The fourth-order valence-corrected chi connectivity index (χ4v) is 0.505. The standard InChI is InChI=1S/C7H4NO.Y/c9-6-8-7-4-2-1-3-5-7;/h2-5H;/q-1;. The Kier molecular flexibility index (Phi) is 5.32. The summed E-state index contributed by atoms with van der Waals surface area (Å²) >= 11 is 0. The van der Waals surface area contributed by atoms with Crippen LogP contribution in [0.15, 0.2) is 29.3 Å². The van der Waals surface area contributed by atoms with Gasteiger partial charge in [-0.05, 0) is 5.69 Å². The van der Waals surface area contributed by atoms with E-state index in [1.54, 1.807) is 24.3 Å². The summed E-state index contributed by atoms with van der Waals surface area (Å²) in [5.41, 5.74) is 0.615. The summed E-state index contributed by atoms with van der Waals surface area (Å²) in [6.45, 7) is 0. The van der Waals surface area contributed by atoms with Crippen LogP contribution in [0.25, 0.3) is 0 Å². The van der Waals surface area contributed by atoms with Crippen molar-refractivity contribution >= 4 is 11.8 Å². The van der Waals surface area contributed by atoms with Crippen molar-refractivity contribution in [3.63, 3.8) is 0 Å². The third-order valence-corrected chi connectivity index (χ3v) is 0.875. The molecule has 1 aromatic rings. The minimum Gasteiger partial charge on any atom is -0.211 e. The van der Waals surface area contributed by atoms with Crippen LogP contribution in [-0.2, 0) is 37.5 Å². The summed E-state index contributed by atoms with van der Waals surface area (Å²) in [6.07, 6.45) is 1.45. The third-order valence-electron chi connectivity index (χ3n) is 0.875. The van der Waals surface area contributed by atoms with Crippen molar-refractivity contribution in [1.29, 1.82) is 0 Å². The maximum atomic E-state index is 9.67. The number of nitrogens with zero attached hydrogens (tertiary/aromatic N) is 1. The third kappa shape index (κ3) is 3.02. The summed E-state index contributed by atoms with van der Waals surface area (Å²) in [5.74, 6) is 0. The summed E-state index contributed by atoms with van der Waals surface area (Å²) in [6, 6.07) is 9.55. The van der Waals surface area contributed by atoms with Crippen LogP contribution >= 0.6 is 0 Å². The predicted octanol–water partition coefficient (Wildman–Crippen LogP) is 1.45. The van der Waals surface area contributed by atoms with Crippen molar-refractivity contribution < 1.29 is 37.5 Å². The molecule has 47 valence electrons. The molecule has 0 amide bonds. The van der Waals surface area contributed by atoms with Crippen molar-refractivity contribution in [2.24, 2.45) is 4.99 Å². The number of rotatable bonds is 1. The second-order valence-electron chi connectivity index (χ2n) is 1.46. The van der Waals surface area contributed by atoms with E-state index < -0.39 is 0 Å². The molecule has 0 atom stereocenters. The van der Waals surface area contributed by atoms with Gasteiger partial charge in [-0.3, -0.25) is 0 Å². The molecule has 0 aliphatic heterocycles. The van der Waals surface area contributed by atoms with Gasteiger partial charge in [0, 0.05) is 32.7 Å². The van der Waals surface area contributed by atoms with E-state index in [1.165, 1.54) is 6.08 Å². The van der Waals surface area contributed by atoms with Crippen LogP contribution in [0.5, 0.6) is 0 Å². The van der Waals surface area contributed by atoms with Gasteiger partial charge in [0.1, 0.15) is 0 Å². The van der Waals surface area contributed by atoms with Crippen molar-refractivity contribution in [2.45, 2.75) is 0 Å². The van der Waals surface area contributed by atoms with Gasteiger partial charge in [-0.15, -0.1) is 12.1 Å². The van der Waals surface area contributed by atoms with E-state index in [2.05, 4.69) is 11.1 Å². The van der Waals surface area contributed by atoms with Crippen LogP contribution in [0.1, 0.15) is 0 Å². The van der Waals surface area contributed by atoms with Crippen molar-refractivity contribution in [2.75, 3.05) is 0 Å². The first kappa shape index (κ1) is 9.70. The minimum absolute atomic E-state index is 0. The van der Waals surface area contributed by atoms with E-state index in [1.807, 2.05) is 0 Å². The van der Waals surface area contributed by atoms with Gasteiger partial charge in [-0.1, -0.05) is 0 Å². The Labute approximate surface area is 84.2 Å². The van der Waals surface area contributed by atoms with Crippen molar-refractivity contribution in [3.8, 4) is 0 Å². The van der Waals surface area contributed by atoms with Crippen LogP contribution in [0, 0.1) is 6.07 Å². The molecule has 0 aliphatic rings. The second-order valence-corrected chi connectivity index (χ2v) is 1.46. The molecule has 2 nitrogen and oxygen atoms in total. The van der Waals surface area contributed by atoms with Crippen LogP contribution in [0.2, 0.25) is 0 Å². The molecule has 0 bridgehead atoms. The van der Waals surface area contributed by atoms with Crippen LogP contribution < -0.4 is 0 Å². The smallest absolute Gasteiger partial charge is 0.211 e. The Morgan fingerprint density at radius 2 is 2.00 bits per heavy atom. The van der Waals surface area contributed by atoms with Gasteiger partial charge in [0.15, 0.2) is 0 Å². The number of isocyanates is 1. The van der Waals surface area contributed by atoms with E-state index in [0.717, 1.165) is 0 Å². The molecule has 0 unspecified atom stereocenters. The Morgan fingerprint density at radius 3 is 2.50 bits per heavy atom. The average Bonchev–Trinajstić information content (AvgIpc) is 1.91. The monoisotopic (exact) mass is 207 g/mol. The largest absolute Gasteiger partial charge is 0.238 e. The quantitative estimate of drug-likeness (QED) is 0.389. The molecule has 10 heavy (non-hydrogen) atoms. The fourth-order valence-electron chi connectivity index (χ4n) is 0.505. The summed E-state index contributed by atoms with van der Waals surface area (Å²) in [5, 5.41) is 0. The Hall–Kier alpha value is -0.296. The molecule has 0 aliphatic carbocycles. The Bertz CT molecular complexity index is 229. The number of benzene rings is 1. The first-order chi connectivity index (χ1) is 4.43. The molecule has 1 rings (SSSR count). The van der Waals surface area contributed by atoms with Gasteiger partial charge in [0.2, 0.25) is 6.08 Å². The molecule has 0 saturated carbocycles. The number of hydrogen-bond donors (Lipinski definition) is 0. The SMILES string of the molecule is O=C=Nc1cc[c-]cc1.[Y]. The van der Waals surface area contributed by atoms with Crippen molar-refractivity contribution in [1.82, 2.24) is 0 Å². The summed E-state index contributed by atoms with van der Waals surface area (Å²) in [7, 11) is 0. The molecule has 1 aromatic carbocycles. The van der Waals surface area contributed by atoms with E-state index >= 15 is 0 Å². The van der Waals surface area contributed by atoms with Gasteiger partial charge < -0.3 is 0 Å². The second kappa shape index (κ2) is 5.49. The average molecular weight is 207 g/mol. The van der Waals surface area contributed by atoms with E-state index in [4.69, 9.17) is 0 Å². The topological polar surface area (TPSA) is 29.4 Å². The molecule has 0 heterocycles. The maximum absolute atomic E-state index is 9.67. The maximum Gasteiger partial charge on any atom is 0.238 e. The zero-order chi connectivity index (χ0) is 6.53. The zero-order valence-corrected chi connectivity index (χ0v) is 8.08. The van der Waals surface area contributed by atoms with Crippen LogP contribution in [0.4, 0.5) is 5.69 Å². The van der Waals surface area contributed by atoms with Crippen molar-refractivity contribution in [3.05, 3.63) is 30.3 Å². The van der Waals surface area contributed by atoms with Gasteiger partial charge in [-0.25, -0.2) is 4.79 Å². The van der Waals surface area contributed by atoms with E-state index in [0.29, 0.717) is 5.69 Å². The zero-order valence-electron chi connectivity index (χ0n) is 5.24. The molecular weight excluding hydrogens is 203 g/mol. The molecule has 0 saturated heterocycles. The van der Waals surface area contributed by atoms with Gasteiger partial charge >= 0.3 is 0 Å².